The lowest BCUT2D eigenvalue weighted by Crippen LogP contribution is -1.98. The Morgan fingerprint density at radius 3 is 2.28 bits per heavy atom. The van der Waals surface area contributed by atoms with E-state index in [9.17, 15) is 0 Å². The molecule has 0 radical (unpaired) electrons. The van der Waals surface area contributed by atoms with Crippen molar-refractivity contribution >= 4 is 5.57 Å². The standard InChI is InChI=1S/C17H15N/c1-3-17(18)13(2)15-11-7-8-12-16(15)14-9-5-4-6-10-14/h1,4-12H,18H2,2H3/b17-13+. The highest BCUT2D eigenvalue weighted by molar-refractivity contribution is 5.82. The summed E-state index contributed by atoms with van der Waals surface area (Å²) in [5.41, 5.74) is 10.7. The van der Waals surface area contributed by atoms with Crippen LogP contribution in [0.2, 0.25) is 0 Å². The minimum atomic E-state index is 0.485. The van der Waals surface area contributed by atoms with Gasteiger partial charge < -0.3 is 5.73 Å². The summed E-state index contributed by atoms with van der Waals surface area (Å²) in [5.74, 6) is 2.50. The van der Waals surface area contributed by atoms with Crippen molar-refractivity contribution in [2.45, 2.75) is 6.92 Å². The van der Waals surface area contributed by atoms with Crippen molar-refractivity contribution in [2.24, 2.45) is 5.73 Å². The molecule has 2 N–H and O–H groups in total. The number of hydrogen-bond donors (Lipinski definition) is 1. The number of hydrogen-bond acceptors (Lipinski definition) is 1. The van der Waals surface area contributed by atoms with Gasteiger partial charge in [-0.2, -0.15) is 0 Å². The first-order valence-electron chi connectivity index (χ1n) is 5.82. The predicted molar refractivity (Wildman–Crippen MR) is 77.5 cm³/mol. The number of nitrogens with two attached hydrogens (primary N) is 1. The van der Waals surface area contributed by atoms with E-state index in [1.165, 1.54) is 0 Å². The molecule has 2 aromatic carbocycles. The van der Waals surface area contributed by atoms with Crippen LogP contribution in [0.25, 0.3) is 16.7 Å². The summed E-state index contributed by atoms with van der Waals surface area (Å²) in [6.45, 7) is 1.96. The highest BCUT2D eigenvalue weighted by Gasteiger charge is 2.07. The average molecular weight is 233 g/mol. The summed E-state index contributed by atoms with van der Waals surface area (Å²) in [5, 5.41) is 0. The van der Waals surface area contributed by atoms with E-state index in [1.807, 2.05) is 43.3 Å². The summed E-state index contributed by atoms with van der Waals surface area (Å²) in [7, 11) is 0. The summed E-state index contributed by atoms with van der Waals surface area (Å²) < 4.78 is 0. The molecule has 0 aliphatic rings. The Hall–Kier alpha value is -2.46. The summed E-state index contributed by atoms with van der Waals surface area (Å²) in [4.78, 5) is 0. The highest BCUT2D eigenvalue weighted by atomic mass is 14.6. The van der Waals surface area contributed by atoms with E-state index in [0.29, 0.717) is 5.70 Å². The number of benzene rings is 2. The Bertz CT molecular complexity index is 616. The molecular formula is C17H15N. The molecule has 0 saturated carbocycles. The van der Waals surface area contributed by atoms with Crippen LogP contribution in [-0.4, -0.2) is 0 Å². The third kappa shape index (κ3) is 2.28. The van der Waals surface area contributed by atoms with Gasteiger partial charge in [-0.25, -0.2) is 0 Å². The number of terminal acetylenes is 1. The van der Waals surface area contributed by atoms with E-state index >= 15 is 0 Å². The molecule has 1 heteroatoms. The van der Waals surface area contributed by atoms with Gasteiger partial charge in [-0.15, -0.1) is 6.42 Å². The molecule has 0 aliphatic heterocycles. The Kier molecular flexibility index (Phi) is 3.50. The minimum absolute atomic E-state index is 0.485. The second-order valence-electron chi connectivity index (χ2n) is 4.09. The highest BCUT2D eigenvalue weighted by Crippen LogP contribution is 2.29. The van der Waals surface area contributed by atoms with Crippen molar-refractivity contribution in [1.29, 1.82) is 0 Å². The first-order chi connectivity index (χ1) is 8.74. The van der Waals surface area contributed by atoms with Gasteiger partial charge >= 0.3 is 0 Å². The lowest BCUT2D eigenvalue weighted by atomic mass is 9.94. The average Bonchev–Trinajstić information content (AvgIpc) is 2.46. The molecule has 0 aliphatic carbocycles. The zero-order valence-electron chi connectivity index (χ0n) is 10.4. The van der Waals surface area contributed by atoms with Gasteiger partial charge in [0, 0.05) is 0 Å². The number of rotatable bonds is 2. The van der Waals surface area contributed by atoms with Crippen LogP contribution in [0.15, 0.2) is 60.3 Å². The van der Waals surface area contributed by atoms with Crippen LogP contribution in [0.1, 0.15) is 12.5 Å². The van der Waals surface area contributed by atoms with Crippen molar-refractivity contribution in [3.8, 4) is 23.5 Å². The lowest BCUT2D eigenvalue weighted by molar-refractivity contribution is 1.42. The van der Waals surface area contributed by atoms with E-state index in [1.54, 1.807) is 0 Å². The third-order valence-corrected chi connectivity index (χ3v) is 2.98. The van der Waals surface area contributed by atoms with Crippen LogP contribution in [0.3, 0.4) is 0 Å². The Balaban J connectivity index is 2.62. The summed E-state index contributed by atoms with van der Waals surface area (Å²) >= 11 is 0. The smallest absolute Gasteiger partial charge is 0.0860 e. The van der Waals surface area contributed by atoms with Gasteiger partial charge in [0.2, 0.25) is 0 Å². The Labute approximate surface area is 108 Å². The van der Waals surface area contributed by atoms with Gasteiger partial charge in [0.05, 0.1) is 5.70 Å². The van der Waals surface area contributed by atoms with Crippen molar-refractivity contribution in [1.82, 2.24) is 0 Å². The predicted octanol–water partition coefficient (Wildman–Crippen LogP) is 3.68. The third-order valence-electron chi connectivity index (χ3n) is 2.98. The fraction of sp³-hybridized carbons (Fsp3) is 0.0588. The molecule has 0 heterocycles. The topological polar surface area (TPSA) is 26.0 Å². The molecule has 0 amide bonds. The number of allylic oxidation sites excluding steroid dienone is 2. The SMILES string of the molecule is C#C/C(N)=C(/C)c1ccccc1-c1ccccc1. The molecule has 2 rings (SSSR count). The maximum atomic E-state index is 5.84. The van der Waals surface area contributed by atoms with Crippen molar-refractivity contribution < 1.29 is 0 Å². The van der Waals surface area contributed by atoms with Crippen molar-refractivity contribution in [3.63, 3.8) is 0 Å². The lowest BCUT2D eigenvalue weighted by Gasteiger charge is -2.11. The summed E-state index contributed by atoms with van der Waals surface area (Å²) in [6.07, 6.45) is 5.37. The van der Waals surface area contributed by atoms with Crippen LogP contribution in [-0.2, 0) is 0 Å². The van der Waals surface area contributed by atoms with Crippen molar-refractivity contribution in [2.75, 3.05) is 0 Å². The molecule has 18 heavy (non-hydrogen) atoms. The largest absolute Gasteiger partial charge is 0.392 e. The molecule has 0 bridgehead atoms. The maximum absolute atomic E-state index is 5.84. The second-order valence-corrected chi connectivity index (χ2v) is 4.09. The fourth-order valence-corrected chi connectivity index (χ4v) is 1.93. The molecule has 0 fully saturated rings. The molecule has 1 nitrogen and oxygen atoms in total. The van der Waals surface area contributed by atoms with Crippen molar-refractivity contribution in [3.05, 3.63) is 65.9 Å². The van der Waals surface area contributed by atoms with Crippen LogP contribution >= 0.6 is 0 Å². The quantitative estimate of drug-likeness (QED) is 0.787. The molecular weight excluding hydrogens is 218 g/mol. The Morgan fingerprint density at radius 2 is 1.61 bits per heavy atom. The normalized spacial score (nSPS) is 11.6. The van der Waals surface area contributed by atoms with Gasteiger partial charge in [0.25, 0.3) is 0 Å². The maximum Gasteiger partial charge on any atom is 0.0860 e. The molecule has 0 spiro atoms. The van der Waals surface area contributed by atoms with E-state index < -0.39 is 0 Å². The molecule has 0 saturated heterocycles. The van der Waals surface area contributed by atoms with Crippen LogP contribution in [0.5, 0.6) is 0 Å². The van der Waals surface area contributed by atoms with Gasteiger partial charge in [0.15, 0.2) is 0 Å². The van der Waals surface area contributed by atoms with E-state index in [-0.39, 0.29) is 0 Å². The van der Waals surface area contributed by atoms with E-state index in [0.717, 1.165) is 22.3 Å². The Morgan fingerprint density at radius 1 is 1.00 bits per heavy atom. The molecule has 2 aromatic rings. The fourth-order valence-electron chi connectivity index (χ4n) is 1.93. The van der Waals surface area contributed by atoms with Gasteiger partial charge in [-0.3, -0.25) is 0 Å². The zero-order chi connectivity index (χ0) is 13.0. The first-order valence-corrected chi connectivity index (χ1v) is 5.82. The second kappa shape index (κ2) is 5.25. The van der Waals surface area contributed by atoms with Crippen LogP contribution in [0.4, 0.5) is 0 Å². The minimum Gasteiger partial charge on any atom is -0.392 e. The van der Waals surface area contributed by atoms with Gasteiger partial charge in [-0.05, 0) is 29.2 Å². The van der Waals surface area contributed by atoms with Gasteiger partial charge in [-0.1, -0.05) is 60.5 Å². The molecule has 0 unspecified atom stereocenters. The monoisotopic (exact) mass is 233 g/mol. The molecule has 88 valence electrons. The van der Waals surface area contributed by atoms with Crippen LogP contribution < -0.4 is 5.73 Å². The first kappa shape index (κ1) is 12.0. The van der Waals surface area contributed by atoms with E-state index in [4.69, 9.17) is 12.2 Å². The molecule has 0 aromatic heterocycles. The zero-order valence-corrected chi connectivity index (χ0v) is 10.4. The van der Waals surface area contributed by atoms with E-state index in [2.05, 4.69) is 24.1 Å². The summed E-state index contributed by atoms with van der Waals surface area (Å²) in [6, 6.07) is 18.4. The van der Waals surface area contributed by atoms with Crippen LogP contribution in [0, 0.1) is 12.3 Å². The van der Waals surface area contributed by atoms with Gasteiger partial charge in [0.1, 0.15) is 0 Å². The molecule has 0 atom stereocenters.